The summed E-state index contributed by atoms with van der Waals surface area (Å²) in [5, 5.41) is 5.45. The topological polar surface area (TPSA) is 95.1 Å². The van der Waals surface area contributed by atoms with Gasteiger partial charge in [0.05, 0.1) is 20.8 Å². The molecule has 0 aliphatic heterocycles. The summed E-state index contributed by atoms with van der Waals surface area (Å²) >= 11 is 0. The molecule has 3 rings (SSSR count). The quantitative estimate of drug-likeness (QED) is 0.417. The van der Waals surface area contributed by atoms with Crippen LogP contribution in [0.1, 0.15) is 10.4 Å². The summed E-state index contributed by atoms with van der Waals surface area (Å²) < 4.78 is 34.3. The average Bonchev–Trinajstić information content (AvgIpc) is 2.86. The van der Waals surface area contributed by atoms with E-state index in [1.54, 1.807) is 43.5 Å². The Morgan fingerprint density at radius 1 is 0.824 bits per heavy atom. The van der Waals surface area contributed by atoms with Gasteiger partial charge < -0.3 is 29.6 Å². The van der Waals surface area contributed by atoms with Crippen molar-refractivity contribution in [2.75, 3.05) is 39.3 Å². The van der Waals surface area contributed by atoms with E-state index in [0.717, 1.165) is 0 Å². The third kappa shape index (κ3) is 7.13. The molecule has 34 heavy (non-hydrogen) atoms. The Labute approximate surface area is 196 Å². The lowest BCUT2D eigenvalue weighted by Gasteiger charge is -2.13. The Bertz CT molecular complexity index is 1100. The minimum Gasteiger partial charge on any atom is -0.497 e. The van der Waals surface area contributed by atoms with Crippen molar-refractivity contribution in [2.24, 2.45) is 0 Å². The highest BCUT2D eigenvalue weighted by molar-refractivity contribution is 5.95. The Morgan fingerprint density at radius 3 is 2.21 bits per heavy atom. The molecule has 0 radical (unpaired) electrons. The van der Waals surface area contributed by atoms with Gasteiger partial charge in [0.2, 0.25) is 0 Å². The Morgan fingerprint density at radius 2 is 1.53 bits per heavy atom. The molecular weight excluding hydrogens is 443 g/mol. The predicted octanol–water partition coefficient (Wildman–Crippen LogP) is 3.67. The van der Waals surface area contributed by atoms with Crippen molar-refractivity contribution in [3.8, 4) is 23.0 Å². The maximum absolute atomic E-state index is 12.9. The van der Waals surface area contributed by atoms with Crippen LogP contribution in [0.4, 0.5) is 10.1 Å². The van der Waals surface area contributed by atoms with E-state index >= 15 is 0 Å². The highest BCUT2D eigenvalue weighted by atomic mass is 19.1. The van der Waals surface area contributed by atoms with Crippen LogP contribution in [-0.2, 0) is 4.79 Å². The minimum absolute atomic E-state index is 0.221. The zero-order valence-electron chi connectivity index (χ0n) is 18.8. The van der Waals surface area contributed by atoms with Crippen molar-refractivity contribution in [1.82, 2.24) is 5.32 Å². The van der Waals surface area contributed by atoms with E-state index in [2.05, 4.69) is 10.6 Å². The lowest BCUT2D eigenvalue weighted by atomic mass is 10.2. The monoisotopic (exact) mass is 468 g/mol. The highest BCUT2D eigenvalue weighted by Crippen LogP contribution is 2.28. The third-order valence-electron chi connectivity index (χ3n) is 4.63. The van der Waals surface area contributed by atoms with Crippen molar-refractivity contribution >= 4 is 17.5 Å². The molecule has 0 saturated heterocycles. The smallest absolute Gasteiger partial charge is 0.262 e. The maximum Gasteiger partial charge on any atom is 0.262 e. The Kier molecular flexibility index (Phi) is 8.67. The van der Waals surface area contributed by atoms with Crippen LogP contribution in [0.5, 0.6) is 23.0 Å². The summed E-state index contributed by atoms with van der Waals surface area (Å²) in [6, 6.07) is 17.2. The van der Waals surface area contributed by atoms with Crippen LogP contribution in [0.3, 0.4) is 0 Å². The number of carbonyl (C=O) groups excluding carboxylic acids is 2. The number of hydrogen-bond donors (Lipinski definition) is 2. The van der Waals surface area contributed by atoms with Gasteiger partial charge in [0, 0.05) is 11.3 Å². The molecule has 2 amide bonds. The van der Waals surface area contributed by atoms with E-state index in [9.17, 15) is 14.0 Å². The van der Waals surface area contributed by atoms with Gasteiger partial charge in [-0.15, -0.1) is 0 Å². The summed E-state index contributed by atoms with van der Waals surface area (Å²) in [6.45, 7) is 0.232. The number of carbonyl (C=O) groups is 2. The molecule has 0 bridgehead atoms. The number of halogens is 1. The summed E-state index contributed by atoms with van der Waals surface area (Å²) in [7, 11) is 3.01. The van der Waals surface area contributed by atoms with E-state index in [-0.39, 0.29) is 37.4 Å². The number of nitrogens with one attached hydrogen (secondary N) is 2. The fraction of sp³-hybridized carbons (Fsp3) is 0.200. The van der Waals surface area contributed by atoms with Gasteiger partial charge in [-0.1, -0.05) is 0 Å². The van der Waals surface area contributed by atoms with Gasteiger partial charge in [-0.05, 0) is 66.7 Å². The molecule has 0 atom stereocenters. The van der Waals surface area contributed by atoms with E-state index in [1.807, 2.05) is 0 Å². The van der Waals surface area contributed by atoms with E-state index < -0.39 is 0 Å². The van der Waals surface area contributed by atoms with Crippen LogP contribution in [-0.4, -0.2) is 45.8 Å². The molecule has 3 aromatic carbocycles. The number of methoxy groups -OCH3 is 2. The molecule has 0 heterocycles. The molecule has 0 spiro atoms. The highest BCUT2D eigenvalue weighted by Gasteiger charge is 2.13. The Hall–Kier alpha value is -4.27. The fourth-order valence-corrected chi connectivity index (χ4v) is 2.91. The maximum atomic E-state index is 12.9. The molecule has 0 saturated carbocycles. The number of anilines is 1. The molecule has 8 nitrogen and oxygen atoms in total. The van der Waals surface area contributed by atoms with E-state index in [4.69, 9.17) is 18.9 Å². The van der Waals surface area contributed by atoms with Crippen LogP contribution in [0.15, 0.2) is 66.7 Å². The summed E-state index contributed by atoms with van der Waals surface area (Å²) in [6.07, 6.45) is 0. The van der Waals surface area contributed by atoms with Crippen LogP contribution in [0, 0.1) is 5.82 Å². The average molecular weight is 468 g/mol. The van der Waals surface area contributed by atoms with Crippen LogP contribution >= 0.6 is 0 Å². The third-order valence-corrected chi connectivity index (χ3v) is 4.63. The van der Waals surface area contributed by atoms with Gasteiger partial charge in [0.15, 0.2) is 18.1 Å². The van der Waals surface area contributed by atoms with Gasteiger partial charge in [-0.25, -0.2) is 4.39 Å². The Balaban J connectivity index is 1.48. The lowest BCUT2D eigenvalue weighted by molar-refractivity contribution is -0.118. The zero-order chi connectivity index (χ0) is 24.3. The van der Waals surface area contributed by atoms with Crippen molar-refractivity contribution in [1.29, 1.82) is 0 Å². The molecule has 9 heteroatoms. The number of amides is 2. The minimum atomic E-state index is -0.352. The second-order valence-corrected chi connectivity index (χ2v) is 6.99. The molecule has 0 unspecified atom stereocenters. The standard InChI is InChI=1S/C25H25FN2O6/c1-31-20-10-6-19(7-11-20)28-24(29)16-34-22-12-3-17(15-23(22)32-2)25(30)27-13-14-33-21-8-4-18(26)5-9-21/h3-12,15H,13-14,16H2,1-2H3,(H,27,30)(H,28,29). The lowest BCUT2D eigenvalue weighted by Crippen LogP contribution is -2.28. The number of ether oxygens (including phenoxy) is 4. The predicted molar refractivity (Wildman–Crippen MR) is 124 cm³/mol. The van der Waals surface area contributed by atoms with Crippen LogP contribution < -0.4 is 29.6 Å². The second kappa shape index (κ2) is 12.1. The molecule has 0 aliphatic carbocycles. The fourth-order valence-electron chi connectivity index (χ4n) is 2.91. The van der Waals surface area contributed by atoms with Gasteiger partial charge in [0.1, 0.15) is 23.9 Å². The van der Waals surface area contributed by atoms with Crippen LogP contribution in [0.25, 0.3) is 0 Å². The van der Waals surface area contributed by atoms with Gasteiger partial charge in [0.25, 0.3) is 11.8 Å². The largest absolute Gasteiger partial charge is 0.497 e. The van der Waals surface area contributed by atoms with Crippen molar-refractivity contribution in [3.05, 3.63) is 78.1 Å². The summed E-state index contributed by atoms with van der Waals surface area (Å²) in [4.78, 5) is 24.6. The van der Waals surface area contributed by atoms with Gasteiger partial charge in [-0.2, -0.15) is 0 Å². The van der Waals surface area contributed by atoms with Gasteiger partial charge >= 0.3 is 0 Å². The molecule has 0 fully saturated rings. The molecule has 0 aromatic heterocycles. The van der Waals surface area contributed by atoms with E-state index in [1.165, 1.54) is 37.4 Å². The molecule has 0 aliphatic rings. The number of rotatable bonds is 11. The molecule has 3 aromatic rings. The molecular formula is C25H25FN2O6. The van der Waals surface area contributed by atoms with Crippen molar-refractivity contribution in [3.63, 3.8) is 0 Å². The number of benzene rings is 3. The summed E-state index contributed by atoms with van der Waals surface area (Å²) in [5.41, 5.74) is 0.963. The zero-order valence-corrected chi connectivity index (χ0v) is 18.8. The second-order valence-electron chi connectivity index (χ2n) is 6.99. The first-order valence-electron chi connectivity index (χ1n) is 10.4. The SMILES string of the molecule is COc1ccc(NC(=O)COc2ccc(C(=O)NCCOc3ccc(F)cc3)cc2OC)cc1. The van der Waals surface area contributed by atoms with Crippen LogP contribution in [0.2, 0.25) is 0 Å². The van der Waals surface area contributed by atoms with Gasteiger partial charge in [-0.3, -0.25) is 9.59 Å². The summed E-state index contributed by atoms with van der Waals surface area (Å²) in [5.74, 6) is 0.800. The normalized spacial score (nSPS) is 10.2. The first kappa shape index (κ1) is 24.4. The first-order valence-corrected chi connectivity index (χ1v) is 10.4. The first-order chi connectivity index (χ1) is 16.5. The number of hydrogen-bond acceptors (Lipinski definition) is 6. The van der Waals surface area contributed by atoms with Crippen molar-refractivity contribution < 1.29 is 32.9 Å². The van der Waals surface area contributed by atoms with E-state index in [0.29, 0.717) is 34.2 Å². The molecule has 178 valence electrons. The molecule has 2 N–H and O–H groups in total. The van der Waals surface area contributed by atoms with Crippen molar-refractivity contribution in [2.45, 2.75) is 0 Å².